The normalized spacial score (nSPS) is 10.7. The van der Waals surface area contributed by atoms with Crippen molar-refractivity contribution < 1.29 is 4.79 Å². The van der Waals surface area contributed by atoms with Crippen LogP contribution < -0.4 is 5.32 Å². The molecule has 78 valence electrons. The van der Waals surface area contributed by atoms with Crippen molar-refractivity contribution in [3.63, 3.8) is 0 Å². The number of aromatic amines is 1. The molecule has 0 aliphatic carbocycles. The Hall–Kier alpha value is -1.68. The molecule has 0 amide bonds. The molecule has 4 heteroatoms. The van der Waals surface area contributed by atoms with E-state index in [0.717, 1.165) is 16.6 Å². The van der Waals surface area contributed by atoms with Gasteiger partial charge in [0.1, 0.15) is 0 Å². The number of hydrogen-bond acceptors (Lipinski definition) is 3. The van der Waals surface area contributed by atoms with Crippen LogP contribution in [0.4, 0.5) is 0 Å². The fraction of sp³-hybridized carbons (Fsp3) is 0.273. The lowest BCUT2D eigenvalue weighted by Gasteiger charge is -2.00. The number of fused-ring (bicyclic) bond motifs is 1. The van der Waals surface area contributed by atoms with Gasteiger partial charge in [-0.2, -0.15) is 0 Å². The van der Waals surface area contributed by atoms with Gasteiger partial charge >= 0.3 is 0 Å². The molecule has 0 aliphatic heterocycles. The Balaban J connectivity index is 2.23. The van der Waals surface area contributed by atoms with Crippen LogP contribution in [-0.2, 0) is 0 Å². The van der Waals surface area contributed by atoms with E-state index in [9.17, 15) is 4.79 Å². The highest BCUT2D eigenvalue weighted by atomic mass is 16.1. The lowest BCUT2D eigenvalue weighted by atomic mass is 10.1. The smallest absolute Gasteiger partial charge is 0.164 e. The zero-order valence-corrected chi connectivity index (χ0v) is 8.58. The SMILES string of the molecule is CNCCC(=O)c1ccc2nc[nH]c2c1. The van der Waals surface area contributed by atoms with Crippen molar-refractivity contribution in [1.29, 1.82) is 0 Å². The highest BCUT2D eigenvalue weighted by molar-refractivity contribution is 5.98. The molecule has 2 rings (SSSR count). The average Bonchev–Trinajstić information content (AvgIpc) is 2.72. The molecule has 0 radical (unpaired) electrons. The minimum atomic E-state index is 0.154. The molecule has 0 unspecified atom stereocenters. The lowest BCUT2D eigenvalue weighted by Crippen LogP contribution is -2.12. The highest BCUT2D eigenvalue weighted by Crippen LogP contribution is 2.12. The maximum Gasteiger partial charge on any atom is 0.164 e. The Morgan fingerprint density at radius 1 is 1.53 bits per heavy atom. The third-order valence-corrected chi connectivity index (χ3v) is 2.34. The van der Waals surface area contributed by atoms with Crippen LogP contribution in [0.3, 0.4) is 0 Å². The molecule has 0 fully saturated rings. The summed E-state index contributed by atoms with van der Waals surface area (Å²) >= 11 is 0. The maximum absolute atomic E-state index is 11.7. The van der Waals surface area contributed by atoms with Crippen molar-refractivity contribution in [2.24, 2.45) is 0 Å². The summed E-state index contributed by atoms with van der Waals surface area (Å²) in [6.07, 6.45) is 2.16. The van der Waals surface area contributed by atoms with E-state index in [1.165, 1.54) is 0 Å². The summed E-state index contributed by atoms with van der Waals surface area (Å²) < 4.78 is 0. The van der Waals surface area contributed by atoms with E-state index in [4.69, 9.17) is 0 Å². The third-order valence-electron chi connectivity index (χ3n) is 2.34. The molecular weight excluding hydrogens is 190 g/mol. The summed E-state index contributed by atoms with van der Waals surface area (Å²) in [6.45, 7) is 0.708. The van der Waals surface area contributed by atoms with Crippen LogP contribution in [0.15, 0.2) is 24.5 Å². The van der Waals surface area contributed by atoms with Crippen LogP contribution in [0.25, 0.3) is 11.0 Å². The topological polar surface area (TPSA) is 57.8 Å². The third kappa shape index (κ3) is 2.05. The molecule has 15 heavy (non-hydrogen) atoms. The average molecular weight is 203 g/mol. The number of rotatable bonds is 4. The van der Waals surface area contributed by atoms with E-state index in [2.05, 4.69) is 15.3 Å². The van der Waals surface area contributed by atoms with Gasteiger partial charge in [-0.25, -0.2) is 4.98 Å². The second-order valence-electron chi connectivity index (χ2n) is 3.41. The number of H-pyrrole nitrogens is 1. The monoisotopic (exact) mass is 203 g/mol. The fourth-order valence-electron chi connectivity index (χ4n) is 1.49. The number of hydrogen-bond donors (Lipinski definition) is 2. The zero-order valence-electron chi connectivity index (χ0n) is 8.58. The van der Waals surface area contributed by atoms with Gasteiger partial charge in [-0.1, -0.05) is 0 Å². The standard InChI is InChI=1S/C11H13N3O/c1-12-5-4-11(15)8-2-3-9-10(6-8)14-7-13-9/h2-3,6-7,12H,4-5H2,1H3,(H,13,14). The molecule has 1 aromatic carbocycles. The van der Waals surface area contributed by atoms with Gasteiger partial charge in [-0.05, 0) is 25.2 Å². The van der Waals surface area contributed by atoms with Crippen molar-refractivity contribution in [2.75, 3.05) is 13.6 Å². The first kappa shape index (κ1) is 9.86. The Morgan fingerprint density at radius 2 is 2.40 bits per heavy atom. The summed E-state index contributed by atoms with van der Waals surface area (Å²) in [6, 6.07) is 5.53. The van der Waals surface area contributed by atoms with Crippen LogP contribution in [-0.4, -0.2) is 29.3 Å². The number of ketones is 1. The Labute approximate surface area is 87.7 Å². The largest absolute Gasteiger partial charge is 0.345 e. The number of Topliss-reactive ketones (excluding diaryl/α,β-unsaturated/α-hetero) is 1. The first-order valence-corrected chi connectivity index (χ1v) is 4.92. The van der Waals surface area contributed by atoms with Gasteiger partial charge in [-0.3, -0.25) is 4.79 Å². The molecule has 0 aliphatic rings. The maximum atomic E-state index is 11.7. The van der Waals surface area contributed by atoms with Crippen LogP contribution in [0.5, 0.6) is 0 Å². The Bertz CT molecular complexity index is 475. The van der Waals surface area contributed by atoms with Crippen molar-refractivity contribution in [3.05, 3.63) is 30.1 Å². The molecule has 1 aromatic heterocycles. The number of imidazole rings is 1. The van der Waals surface area contributed by atoms with Gasteiger partial charge in [0.05, 0.1) is 17.4 Å². The Morgan fingerprint density at radius 3 is 3.20 bits per heavy atom. The summed E-state index contributed by atoms with van der Waals surface area (Å²) in [5.41, 5.74) is 2.53. The fourth-order valence-corrected chi connectivity index (χ4v) is 1.49. The minimum Gasteiger partial charge on any atom is -0.345 e. The van der Waals surface area contributed by atoms with Crippen LogP contribution in [0, 0.1) is 0 Å². The summed E-state index contributed by atoms with van der Waals surface area (Å²) in [5.74, 6) is 0.154. The number of nitrogens with zero attached hydrogens (tertiary/aromatic N) is 1. The molecule has 0 saturated heterocycles. The summed E-state index contributed by atoms with van der Waals surface area (Å²) in [7, 11) is 1.84. The second kappa shape index (κ2) is 4.23. The van der Waals surface area contributed by atoms with Gasteiger partial charge < -0.3 is 10.3 Å². The molecule has 1 heterocycles. The lowest BCUT2D eigenvalue weighted by molar-refractivity contribution is 0.0983. The molecule has 0 atom stereocenters. The van der Waals surface area contributed by atoms with E-state index in [1.807, 2.05) is 25.2 Å². The number of aromatic nitrogens is 2. The van der Waals surface area contributed by atoms with E-state index in [1.54, 1.807) is 6.33 Å². The van der Waals surface area contributed by atoms with Gasteiger partial charge in [0.2, 0.25) is 0 Å². The summed E-state index contributed by atoms with van der Waals surface area (Å²) in [5, 5.41) is 2.96. The van der Waals surface area contributed by atoms with Crippen molar-refractivity contribution in [3.8, 4) is 0 Å². The van der Waals surface area contributed by atoms with E-state index in [0.29, 0.717) is 13.0 Å². The number of carbonyl (C=O) groups excluding carboxylic acids is 1. The molecule has 0 bridgehead atoms. The highest BCUT2D eigenvalue weighted by Gasteiger charge is 2.06. The quantitative estimate of drug-likeness (QED) is 0.737. The van der Waals surface area contributed by atoms with E-state index >= 15 is 0 Å². The molecule has 4 nitrogen and oxygen atoms in total. The first-order chi connectivity index (χ1) is 7.31. The van der Waals surface area contributed by atoms with Crippen LogP contribution in [0.2, 0.25) is 0 Å². The molecule has 0 saturated carbocycles. The minimum absolute atomic E-state index is 0.154. The molecule has 0 spiro atoms. The Kier molecular flexibility index (Phi) is 2.78. The van der Waals surface area contributed by atoms with Crippen LogP contribution in [0.1, 0.15) is 16.8 Å². The molecule has 2 N–H and O–H groups in total. The first-order valence-electron chi connectivity index (χ1n) is 4.92. The number of carbonyl (C=O) groups is 1. The predicted molar refractivity (Wildman–Crippen MR) is 59.0 cm³/mol. The van der Waals surface area contributed by atoms with Gasteiger partial charge in [0, 0.05) is 18.5 Å². The summed E-state index contributed by atoms with van der Waals surface area (Å²) in [4.78, 5) is 18.8. The zero-order chi connectivity index (χ0) is 10.7. The number of benzene rings is 1. The van der Waals surface area contributed by atoms with E-state index in [-0.39, 0.29) is 5.78 Å². The molecule has 2 aromatic rings. The van der Waals surface area contributed by atoms with Crippen molar-refractivity contribution in [2.45, 2.75) is 6.42 Å². The van der Waals surface area contributed by atoms with Gasteiger partial charge in [0.15, 0.2) is 5.78 Å². The second-order valence-corrected chi connectivity index (χ2v) is 3.41. The van der Waals surface area contributed by atoms with Crippen LogP contribution >= 0.6 is 0 Å². The van der Waals surface area contributed by atoms with Gasteiger partial charge in [0.25, 0.3) is 0 Å². The number of nitrogens with one attached hydrogen (secondary N) is 2. The van der Waals surface area contributed by atoms with E-state index < -0.39 is 0 Å². The van der Waals surface area contributed by atoms with Gasteiger partial charge in [-0.15, -0.1) is 0 Å². The predicted octanol–water partition coefficient (Wildman–Crippen LogP) is 1.36. The van der Waals surface area contributed by atoms with Crippen molar-refractivity contribution in [1.82, 2.24) is 15.3 Å². The molecular formula is C11H13N3O. The van der Waals surface area contributed by atoms with Crippen molar-refractivity contribution >= 4 is 16.8 Å².